The van der Waals surface area contributed by atoms with Gasteiger partial charge >= 0.3 is 6.09 Å². The number of aromatic nitrogens is 1. The Morgan fingerprint density at radius 2 is 2.62 bits per heavy atom. The Bertz CT molecular complexity index is 1130. The minimum atomic E-state index is -3.02. The molecular weight excluding hydrogens is 266 g/mol. The molecule has 1 aromatic carbocycles. The van der Waals surface area contributed by atoms with Gasteiger partial charge < -0.3 is 19.9 Å². The van der Waals surface area contributed by atoms with Crippen LogP contribution in [0, 0.1) is 0 Å². The van der Waals surface area contributed by atoms with Crippen molar-refractivity contribution in [3.8, 4) is 0 Å². The van der Waals surface area contributed by atoms with E-state index in [-0.39, 0.29) is 34.7 Å². The number of H-pyrrole nitrogens is 1. The number of cyclic esters (lactones) is 1. The van der Waals surface area contributed by atoms with Gasteiger partial charge in [0.2, 0.25) is 0 Å². The molecule has 2 N–H and O–H groups in total. The zero-order valence-corrected chi connectivity index (χ0v) is 11.3. The van der Waals surface area contributed by atoms with Crippen molar-refractivity contribution in [3.63, 3.8) is 0 Å². The van der Waals surface area contributed by atoms with E-state index in [2.05, 4.69) is 4.74 Å². The van der Waals surface area contributed by atoms with Crippen molar-refractivity contribution in [2.45, 2.75) is 18.8 Å². The summed E-state index contributed by atoms with van der Waals surface area (Å²) in [5.41, 5.74) is -1.06. The number of fused-ring (bicyclic) bond motifs is 1. The summed E-state index contributed by atoms with van der Waals surface area (Å²) < 4.78 is 102. The molecule has 2 aromatic rings. The summed E-state index contributed by atoms with van der Waals surface area (Å²) in [6.07, 6.45) is -4.87. The van der Waals surface area contributed by atoms with E-state index in [0.29, 0.717) is 4.98 Å². The highest BCUT2D eigenvalue weighted by Gasteiger charge is 2.22. The molecule has 1 amide bonds. The number of nitrogens with zero attached hydrogens (tertiary/aromatic N) is 1. The highest BCUT2D eigenvalue weighted by molar-refractivity contribution is 5.84. The fourth-order valence-electron chi connectivity index (χ4n) is 1.92. The lowest BCUT2D eigenvalue weighted by atomic mass is 10.0. The Morgan fingerprint density at radius 1 is 1.71 bits per heavy atom. The first-order valence-electron chi connectivity index (χ1n) is 12.2. The maximum Gasteiger partial charge on any atom is 0.407 e. The first-order valence-corrected chi connectivity index (χ1v) is 6.29. The number of amides is 1. The minimum absolute atomic E-state index is 0.00663. The Balaban J connectivity index is 2.26. The third kappa shape index (κ3) is 3.19. The number of rotatable bonds is 5. The lowest BCUT2D eigenvalue weighted by Crippen LogP contribution is -2.28. The quantitative estimate of drug-likeness (QED) is 0.887. The fourth-order valence-corrected chi connectivity index (χ4v) is 1.92. The molecule has 0 unspecified atom stereocenters. The number of carbonyl (C=O) groups excluding carboxylic acids is 1. The zero-order valence-electron chi connectivity index (χ0n) is 23.3. The molecule has 1 atom stereocenters. The number of nitrogens with one attached hydrogen (secondary N) is 2. The summed E-state index contributed by atoms with van der Waals surface area (Å²) >= 11 is 0. The van der Waals surface area contributed by atoms with E-state index in [1.807, 2.05) is 0 Å². The highest BCUT2D eigenvalue weighted by atomic mass is 16.6. The van der Waals surface area contributed by atoms with Crippen LogP contribution in [0.4, 0.5) is 4.79 Å². The van der Waals surface area contributed by atoms with Gasteiger partial charge in [0.15, 0.2) is 2.82 Å². The van der Waals surface area contributed by atoms with Gasteiger partial charge in [0.25, 0.3) is 0 Å². The first kappa shape index (κ1) is 5.65. The maximum absolute atomic E-state index is 11.6. The van der Waals surface area contributed by atoms with Crippen molar-refractivity contribution < 1.29 is 26.1 Å². The van der Waals surface area contributed by atoms with E-state index in [1.54, 1.807) is 0 Å². The van der Waals surface area contributed by atoms with Crippen molar-refractivity contribution >= 4 is 17.0 Å². The van der Waals surface area contributed by atoms with Crippen LogP contribution in [0.2, 0.25) is 2.82 Å². The van der Waals surface area contributed by atoms with Crippen LogP contribution in [0.15, 0.2) is 24.3 Å². The van der Waals surface area contributed by atoms with Crippen LogP contribution in [0.3, 0.4) is 0 Å². The summed E-state index contributed by atoms with van der Waals surface area (Å²) in [5, 5.41) is -0.225. The lowest BCUT2D eigenvalue weighted by Gasteiger charge is -2.09. The number of hydrogen-bond donors (Lipinski definition) is 2. The van der Waals surface area contributed by atoms with E-state index in [0.717, 1.165) is 4.90 Å². The van der Waals surface area contributed by atoms with Crippen LogP contribution in [0.25, 0.3) is 10.9 Å². The van der Waals surface area contributed by atoms with Crippen molar-refractivity contribution in [2.24, 2.45) is 0 Å². The van der Waals surface area contributed by atoms with Gasteiger partial charge in [-0.15, -0.1) is 0 Å². The molecule has 0 spiro atoms. The van der Waals surface area contributed by atoms with E-state index >= 15 is 0 Å². The Hall–Kier alpha value is -2.01. The standard InChI is InChI=1S/C16H21N3O2/c1-19(2)6-5-12-9-17-15-4-3-11(8-14(12)15)7-13-10-21-16(20)18-13/h3-4,8-9,13,17H,5-7,10H2,1-2H3,(H,18,20)/t13-/m0/s1/i1D3,3D,4D,7D2,8D,9D,13D/hD2. The fraction of sp³-hybridized carbons (Fsp3) is 0.438. The van der Waals surface area contributed by atoms with Gasteiger partial charge in [0.1, 0.15) is 6.61 Å². The van der Waals surface area contributed by atoms with Gasteiger partial charge in [-0.3, -0.25) is 0 Å². The van der Waals surface area contributed by atoms with E-state index in [9.17, 15) is 4.79 Å². The number of carbonyl (C=O) groups is 1. The molecule has 5 nitrogen and oxygen atoms in total. The topological polar surface area (TPSA) is 57.4 Å². The Kier molecular flexibility index (Phi) is 1.55. The largest absolute Gasteiger partial charge is 0.447 e. The first-order chi connectivity index (χ1) is 15.0. The molecule has 1 fully saturated rings. The number of ether oxygens (including phenoxy) is 1. The number of aromatic amines is 1. The predicted molar refractivity (Wildman–Crippen MR) is 82.5 cm³/mol. The molecule has 0 saturated carbocycles. The van der Waals surface area contributed by atoms with Crippen molar-refractivity contribution in [3.05, 3.63) is 35.4 Å². The van der Waals surface area contributed by atoms with Gasteiger partial charge in [-0.1, -0.05) is 6.04 Å². The van der Waals surface area contributed by atoms with Crippen LogP contribution in [0.1, 0.15) is 24.8 Å². The van der Waals surface area contributed by atoms with Crippen LogP contribution in [0.5, 0.6) is 0 Å². The van der Waals surface area contributed by atoms with Crippen molar-refractivity contribution in [1.29, 1.82) is 0 Å². The molecule has 0 bridgehead atoms. The van der Waals surface area contributed by atoms with Gasteiger partial charge in [-0.05, 0) is 50.0 Å². The van der Waals surface area contributed by atoms with Crippen LogP contribution in [-0.2, 0) is 17.5 Å². The second-order valence-electron chi connectivity index (χ2n) is 4.59. The van der Waals surface area contributed by atoms with Gasteiger partial charge in [0.05, 0.1) is 12.9 Å². The molecule has 5 heteroatoms. The summed E-state index contributed by atoms with van der Waals surface area (Å²) in [6.45, 7) is -3.40. The smallest absolute Gasteiger partial charge is 0.407 e. The van der Waals surface area contributed by atoms with E-state index < -0.39 is 61.9 Å². The maximum atomic E-state index is 11.6. The molecule has 3 rings (SSSR count). The highest BCUT2D eigenvalue weighted by Crippen LogP contribution is 2.21. The molecule has 0 aliphatic carbocycles. The number of benzene rings is 1. The van der Waals surface area contributed by atoms with Crippen molar-refractivity contribution in [1.82, 2.24) is 15.2 Å². The van der Waals surface area contributed by atoms with Crippen LogP contribution < -0.4 is 5.31 Å². The second kappa shape index (κ2) is 5.77. The molecule has 1 aliphatic rings. The predicted octanol–water partition coefficient (Wildman–Crippen LogP) is 1.92. The van der Waals surface area contributed by atoms with E-state index in [1.165, 1.54) is 7.05 Å². The normalized spacial score (nSPS) is 31.7. The minimum Gasteiger partial charge on any atom is -0.447 e. The van der Waals surface area contributed by atoms with Gasteiger partial charge in [-0.2, -0.15) is 0 Å². The molecule has 1 saturated heterocycles. The summed E-state index contributed by atoms with van der Waals surface area (Å²) in [4.78, 5) is 13.2. The second-order valence-corrected chi connectivity index (χ2v) is 4.59. The number of likely N-dealkylation sites (N-methyl/N-ethyl adjacent to an activating group) is 1. The summed E-state index contributed by atoms with van der Waals surface area (Å²) in [7, 11) is 1.32. The third-order valence-corrected chi connectivity index (χ3v) is 2.92. The number of alkyl carbamates (subject to hydrolysis) is 1. The van der Waals surface area contributed by atoms with Crippen LogP contribution in [-0.4, -0.2) is 49.2 Å². The summed E-state index contributed by atoms with van der Waals surface area (Å²) in [6, 6.07) is -4.84. The molecule has 1 aliphatic heterocycles. The SMILES string of the molecule is [2H]c1c(C([2H])([2H])[C@@]2([2H])COC(=O)N2[2H])c([2H])c2c(CCN(C)C([2H])([2H])[2H])c([2H])n([2H])c2c1[2H]. The molecule has 2 heterocycles. The average Bonchev–Trinajstić information content (AvgIpc) is 3.13. The third-order valence-electron chi connectivity index (χ3n) is 2.92. The lowest BCUT2D eigenvalue weighted by molar-refractivity contribution is 0.177. The average molecular weight is 299 g/mol. The van der Waals surface area contributed by atoms with E-state index in [4.69, 9.17) is 16.5 Å². The summed E-state index contributed by atoms with van der Waals surface area (Å²) in [5.74, 6) is 0. The van der Waals surface area contributed by atoms with Crippen molar-refractivity contribution in [2.75, 3.05) is 27.2 Å². The molecule has 0 radical (unpaired) electrons. The Morgan fingerprint density at radius 3 is 3.38 bits per heavy atom. The van der Waals surface area contributed by atoms with Gasteiger partial charge in [-0.25, -0.2) is 4.79 Å². The zero-order chi connectivity index (χ0) is 25.3. The molecule has 21 heavy (non-hydrogen) atoms. The molecule has 112 valence electrons. The van der Waals surface area contributed by atoms with Gasteiger partial charge in [0, 0.05) is 30.5 Å². The number of hydrogen-bond acceptors (Lipinski definition) is 3. The monoisotopic (exact) mass is 299 g/mol. The Labute approximate surface area is 141 Å². The van der Waals surface area contributed by atoms with Crippen LogP contribution >= 0.6 is 0 Å². The molecule has 1 aromatic heterocycles. The molecular formula is C16H21N3O2.